The molecule has 43 heavy (non-hydrogen) atoms. The third-order valence-corrected chi connectivity index (χ3v) is 8.85. The van der Waals surface area contributed by atoms with Crippen molar-refractivity contribution in [3.8, 4) is 32.6 Å². The second-order valence-corrected chi connectivity index (χ2v) is 11.4. The van der Waals surface area contributed by atoms with Gasteiger partial charge in [-0.3, -0.25) is 0 Å². The Balaban J connectivity index is 0.000000171. The monoisotopic (exact) mass is 678 g/mol. The van der Waals surface area contributed by atoms with Gasteiger partial charge in [0.05, 0.1) is 22.6 Å². The van der Waals surface area contributed by atoms with Crippen LogP contribution in [0.3, 0.4) is 0 Å². The Kier molecular flexibility index (Phi) is 9.24. The highest BCUT2D eigenvalue weighted by Crippen LogP contribution is 2.39. The summed E-state index contributed by atoms with van der Waals surface area (Å²) < 4.78 is 11.6. The van der Waals surface area contributed by atoms with Crippen LogP contribution in [0.25, 0.3) is 41.6 Å². The van der Waals surface area contributed by atoms with Crippen molar-refractivity contribution in [2.75, 3.05) is 13.2 Å². The van der Waals surface area contributed by atoms with E-state index in [-0.39, 0.29) is 36.1 Å². The largest absolute Gasteiger partial charge is 0.504 e. The van der Waals surface area contributed by atoms with Crippen LogP contribution >= 0.6 is 38.6 Å². The summed E-state index contributed by atoms with van der Waals surface area (Å²) in [5.41, 5.74) is 2.37. The number of aromatic hydroxyl groups is 2. The number of hydrogen-bond acceptors (Lipinski definition) is 12. The number of hydrogen-bond donors (Lipinski definition) is 2. The van der Waals surface area contributed by atoms with Gasteiger partial charge in [-0.2, -0.15) is 0 Å². The average molecular weight is 680 g/mol. The van der Waals surface area contributed by atoms with E-state index in [9.17, 15) is 19.8 Å². The van der Waals surface area contributed by atoms with Gasteiger partial charge in [-0.15, -0.1) is 22.7 Å². The molecule has 2 N–H and O–H groups in total. The summed E-state index contributed by atoms with van der Waals surface area (Å²) >= 11 is 6.13. The van der Waals surface area contributed by atoms with Gasteiger partial charge >= 0.3 is 11.9 Å². The number of halogens is 1. The Labute approximate surface area is 261 Å². The molecule has 0 amide bonds. The fourth-order valence-electron chi connectivity index (χ4n) is 3.92. The molecule has 0 atom stereocenters. The van der Waals surface area contributed by atoms with Crippen molar-refractivity contribution in [2.45, 2.75) is 13.8 Å². The molecule has 0 spiro atoms. The predicted molar refractivity (Wildman–Crippen MR) is 169 cm³/mol. The van der Waals surface area contributed by atoms with Gasteiger partial charge in [0.1, 0.15) is 25.7 Å². The number of rotatable bonds is 6. The van der Waals surface area contributed by atoms with E-state index in [0.29, 0.717) is 20.3 Å². The average Bonchev–Trinajstić information content (AvgIpc) is 3.67. The topological polar surface area (TPSA) is 145 Å². The highest BCUT2D eigenvalue weighted by Gasteiger charge is 2.23. The maximum absolute atomic E-state index is 11.8. The summed E-state index contributed by atoms with van der Waals surface area (Å²) in [6.07, 6.45) is 1.53. The molecule has 13 heteroatoms. The van der Waals surface area contributed by atoms with Crippen molar-refractivity contribution in [1.29, 1.82) is 0 Å². The SMILES string of the molecule is CCOC(=O)c1nc(Br)c2sc(-c3ccccc3)nc2c1O.CCOC(=O)c1ncc2sc(-c3ccccc3)nc2c1O. The van der Waals surface area contributed by atoms with Gasteiger partial charge in [-0.05, 0) is 29.8 Å². The molecule has 0 aliphatic heterocycles. The van der Waals surface area contributed by atoms with Crippen LogP contribution in [0, 0.1) is 0 Å². The highest BCUT2D eigenvalue weighted by molar-refractivity contribution is 9.10. The number of fused-ring (bicyclic) bond motifs is 2. The number of aromatic nitrogens is 4. The molecule has 2 aromatic carbocycles. The van der Waals surface area contributed by atoms with Crippen LogP contribution in [0.15, 0.2) is 71.5 Å². The molecule has 0 aliphatic carbocycles. The summed E-state index contributed by atoms with van der Waals surface area (Å²) in [6, 6.07) is 19.3. The molecule has 0 aliphatic rings. The zero-order valence-electron chi connectivity index (χ0n) is 22.8. The Morgan fingerprint density at radius 1 is 0.744 bits per heavy atom. The zero-order chi connectivity index (χ0) is 30.5. The lowest BCUT2D eigenvalue weighted by atomic mass is 10.2. The van der Waals surface area contributed by atoms with E-state index >= 15 is 0 Å². The first kappa shape index (κ1) is 30.0. The van der Waals surface area contributed by atoms with E-state index in [1.54, 1.807) is 13.8 Å². The number of nitrogens with zero attached hydrogens (tertiary/aromatic N) is 4. The molecule has 218 valence electrons. The lowest BCUT2D eigenvalue weighted by molar-refractivity contribution is 0.0506. The van der Waals surface area contributed by atoms with Crippen molar-refractivity contribution in [1.82, 2.24) is 19.9 Å². The summed E-state index contributed by atoms with van der Waals surface area (Å²) in [5, 5.41) is 22.0. The molecule has 0 radical (unpaired) electrons. The minimum absolute atomic E-state index is 0.103. The molecule has 4 aromatic heterocycles. The number of benzene rings is 2. The fourth-order valence-corrected chi connectivity index (χ4v) is 6.42. The molecule has 10 nitrogen and oxygen atoms in total. The number of esters is 2. The van der Waals surface area contributed by atoms with Gasteiger partial charge in [0.2, 0.25) is 0 Å². The lowest BCUT2D eigenvalue weighted by Crippen LogP contribution is -2.07. The van der Waals surface area contributed by atoms with Gasteiger partial charge in [-0.1, -0.05) is 60.7 Å². The lowest BCUT2D eigenvalue weighted by Gasteiger charge is -2.04. The quantitative estimate of drug-likeness (QED) is 0.136. The van der Waals surface area contributed by atoms with Gasteiger partial charge in [0.15, 0.2) is 22.9 Å². The Morgan fingerprint density at radius 2 is 1.26 bits per heavy atom. The predicted octanol–water partition coefficient (Wildman–Crippen LogP) is 7.24. The van der Waals surface area contributed by atoms with E-state index in [0.717, 1.165) is 25.8 Å². The molecule has 0 bridgehead atoms. The van der Waals surface area contributed by atoms with Crippen molar-refractivity contribution >= 4 is 71.0 Å². The number of carbonyl (C=O) groups excluding carboxylic acids is 2. The van der Waals surface area contributed by atoms with E-state index < -0.39 is 11.9 Å². The van der Waals surface area contributed by atoms with E-state index in [4.69, 9.17) is 9.47 Å². The van der Waals surface area contributed by atoms with Gasteiger partial charge < -0.3 is 19.7 Å². The third kappa shape index (κ3) is 6.33. The van der Waals surface area contributed by atoms with Gasteiger partial charge in [-0.25, -0.2) is 29.5 Å². The first-order valence-corrected chi connectivity index (χ1v) is 15.4. The smallest absolute Gasteiger partial charge is 0.360 e. The normalized spacial score (nSPS) is 10.8. The minimum atomic E-state index is -0.670. The molecule has 0 saturated heterocycles. The minimum Gasteiger partial charge on any atom is -0.504 e. The molecule has 0 unspecified atom stereocenters. The number of pyridine rings is 2. The van der Waals surface area contributed by atoms with E-state index in [2.05, 4.69) is 35.9 Å². The Hall–Kier alpha value is -4.46. The summed E-state index contributed by atoms with van der Waals surface area (Å²) in [6.45, 7) is 3.83. The maximum atomic E-state index is 11.8. The summed E-state index contributed by atoms with van der Waals surface area (Å²) in [5.74, 6) is -1.80. The number of thiazole rings is 2. The van der Waals surface area contributed by atoms with Crippen LogP contribution < -0.4 is 0 Å². The third-order valence-electron chi connectivity index (χ3n) is 5.87. The molecule has 4 heterocycles. The molecule has 0 saturated carbocycles. The summed E-state index contributed by atoms with van der Waals surface area (Å²) in [7, 11) is 0. The van der Waals surface area contributed by atoms with Gasteiger partial charge in [0.25, 0.3) is 0 Å². The number of ether oxygens (including phenoxy) is 2. The Bertz CT molecular complexity index is 1930. The molecular formula is C30H23BrN4O6S2. The van der Waals surface area contributed by atoms with Crippen LogP contribution in [0.5, 0.6) is 11.5 Å². The first-order valence-electron chi connectivity index (χ1n) is 12.9. The molecule has 0 fully saturated rings. The van der Waals surface area contributed by atoms with Crippen molar-refractivity contribution in [2.24, 2.45) is 0 Å². The van der Waals surface area contributed by atoms with Crippen LogP contribution in [0.4, 0.5) is 0 Å². The second-order valence-electron chi connectivity index (χ2n) is 8.66. The molecule has 6 rings (SSSR count). The van der Waals surface area contributed by atoms with Crippen LogP contribution in [-0.4, -0.2) is 55.3 Å². The van der Waals surface area contributed by atoms with Gasteiger partial charge in [0, 0.05) is 17.3 Å². The Morgan fingerprint density at radius 3 is 1.84 bits per heavy atom. The van der Waals surface area contributed by atoms with Crippen LogP contribution in [0.2, 0.25) is 0 Å². The van der Waals surface area contributed by atoms with Crippen LogP contribution in [0.1, 0.15) is 34.8 Å². The molecule has 6 aromatic rings. The van der Waals surface area contributed by atoms with Crippen LogP contribution in [-0.2, 0) is 9.47 Å². The molecular weight excluding hydrogens is 656 g/mol. The number of carbonyl (C=O) groups is 2. The van der Waals surface area contributed by atoms with Crippen molar-refractivity contribution < 1.29 is 29.3 Å². The van der Waals surface area contributed by atoms with E-state index in [1.165, 1.54) is 28.9 Å². The highest BCUT2D eigenvalue weighted by atomic mass is 79.9. The standard InChI is InChI=1S/C15H11BrN2O3S.C15H12N2O3S/c1-2-21-15(20)10-11(19)9-12(13(16)17-10)22-14(18-9)8-6-4-3-5-7-8;1-2-20-15(19)12-13(18)11-10(8-16-12)21-14(17-11)9-6-4-3-5-7-9/h3-7,19H,2H2,1H3;3-8,18H,2H2,1H3. The summed E-state index contributed by atoms with van der Waals surface area (Å²) in [4.78, 5) is 40.5. The van der Waals surface area contributed by atoms with E-state index in [1.807, 2.05) is 60.7 Å². The maximum Gasteiger partial charge on any atom is 0.360 e. The van der Waals surface area contributed by atoms with Crippen molar-refractivity contribution in [3.05, 3.63) is 82.9 Å². The second kappa shape index (κ2) is 13.2. The first-order chi connectivity index (χ1) is 20.8. The van der Waals surface area contributed by atoms with Crippen molar-refractivity contribution in [3.63, 3.8) is 0 Å². The fraction of sp³-hybridized carbons (Fsp3) is 0.133. The zero-order valence-corrected chi connectivity index (χ0v) is 26.0.